The Hall–Kier alpha value is -2.87. The monoisotopic (exact) mass is 284 g/mol. The molecule has 106 valence electrons. The standard InChI is InChI=1S/C20H16N2/c1-3-7-15(8-4-1)17-11-18(16-9-5-2-6-10-16)13-19(12-17)20-14-21-22-20/h1-14,20,22H. The Labute approximate surface area is 130 Å². The van der Waals surface area contributed by atoms with Crippen LogP contribution in [0.5, 0.6) is 0 Å². The average Bonchev–Trinajstić information content (AvgIpc) is 2.55. The van der Waals surface area contributed by atoms with E-state index in [1.807, 2.05) is 18.3 Å². The molecule has 0 fully saturated rings. The molecule has 1 N–H and O–H groups in total. The van der Waals surface area contributed by atoms with Gasteiger partial charge in [-0.05, 0) is 46.0 Å². The smallest absolute Gasteiger partial charge is 0.106 e. The van der Waals surface area contributed by atoms with Gasteiger partial charge in [0.25, 0.3) is 0 Å². The van der Waals surface area contributed by atoms with Gasteiger partial charge in [-0.2, -0.15) is 5.10 Å². The van der Waals surface area contributed by atoms with Crippen LogP contribution in [0.1, 0.15) is 11.6 Å². The number of rotatable bonds is 3. The van der Waals surface area contributed by atoms with Crippen molar-refractivity contribution in [1.29, 1.82) is 0 Å². The molecule has 2 nitrogen and oxygen atoms in total. The number of hydrogen-bond donors (Lipinski definition) is 1. The minimum absolute atomic E-state index is 0.214. The zero-order chi connectivity index (χ0) is 14.8. The van der Waals surface area contributed by atoms with Crippen LogP contribution in [0.15, 0.2) is 84.0 Å². The minimum Gasteiger partial charge on any atom is -0.297 e. The zero-order valence-corrected chi connectivity index (χ0v) is 12.1. The largest absolute Gasteiger partial charge is 0.297 e. The molecule has 1 unspecified atom stereocenters. The van der Waals surface area contributed by atoms with E-state index in [4.69, 9.17) is 0 Å². The fourth-order valence-electron chi connectivity index (χ4n) is 2.74. The van der Waals surface area contributed by atoms with E-state index >= 15 is 0 Å². The molecule has 1 heterocycles. The lowest BCUT2D eigenvalue weighted by Gasteiger charge is -2.21. The predicted octanol–water partition coefficient (Wildman–Crippen LogP) is 4.65. The lowest BCUT2D eigenvalue weighted by atomic mass is 9.93. The fourth-order valence-corrected chi connectivity index (χ4v) is 2.74. The van der Waals surface area contributed by atoms with Crippen molar-refractivity contribution in [2.45, 2.75) is 6.04 Å². The van der Waals surface area contributed by atoms with Crippen molar-refractivity contribution < 1.29 is 0 Å². The van der Waals surface area contributed by atoms with Gasteiger partial charge in [-0.15, -0.1) is 0 Å². The van der Waals surface area contributed by atoms with Crippen molar-refractivity contribution in [3.63, 3.8) is 0 Å². The third-order valence-corrected chi connectivity index (χ3v) is 3.97. The van der Waals surface area contributed by atoms with Crippen molar-refractivity contribution in [3.8, 4) is 22.3 Å². The molecule has 0 bridgehead atoms. The fraction of sp³-hybridized carbons (Fsp3) is 0.0500. The molecule has 4 rings (SSSR count). The van der Waals surface area contributed by atoms with Gasteiger partial charge in [0, 0.05) is 0 Å². The second-order valence-electron chi connectivity index (χ2n) is 5.46. The van der Waals surface area contributed by atoms with Crippen molar-refractivity contribution in [2.24, 2.45) is 5.10 Å². The molecule has 3 aromatic carbocycles. The highest BCUT2D eigenvalue weighted by atomic mass is 15.4. The Balaban J connectivity index is 1.86. The molecule has 0 saturated heterocycles. The maximum atomic E-state index is 4.00. The maximum absolute atomic E-state index is 4.00. The highest BCUT2D eigenvalue weighted by Gasteiger charge is 2.16. The summed E-state index contributed by atoms with van der Waals surface area (Å²) in [6.45, 7) is 0. The van der Waals surface area contributed by atoms with Gasteiger partial charge in [-0.3, -0.25) is 5.43 Å². The maximum Gasteiger partial charge on any atom is 0.106 e. The predicted molar refractivity (Wildman–Crippen MR) is 91.7 cm³/mol. The van der Waals surface area contributed by atoms with Crippen LogP contribution in [0.25, 0.3) is 22.3 Å². The summed E-state index contributed by atoms with van der Waals surface area (Å²) in [4.78, 5) is 0. The second kappa shape index (κ2) is 5.49. The molecular formula is C20H16N2. The Bertz CT molecular complexity index is 750. The van der Waals surface area contributed by atoms with Crippen molar-refractivity contribution in [3.05, 3.63) is 84.4 Å². The third kappa shape index (κ3) is 2.40. The number of benzene rings is 3. The van der Waals surface area contributed by atoms with E-state index in [2.05, 4.69) is 77.3 Å². The molecule has 0 aromatic heterocycles. The van der Waals surface area contributed by atoms with E-state index < -0.39 is 0 Å². The zero-order valence-electron chi connectivity index (χ0n) is 12.1. The van der Waals surface area contributed by atoms with Crippen LogP contribution in [-0.2, 0) is 0 Å². The first kappa shape index (κ1) is 12.8. The third-order valence-electron chi connectivity index (χ3n) is 3.97. The molecule has 1 atom stereocenters. The normalized spacial score (nSPS) is 15.9. The number of nitrogens with zero attached hydrogens (tertiary/aromatic N) is 1. The Morgan fingerprint density at radius 3 is 1.55 bits per heavy atom. The van der Waals surface area contributed by atoms with E-state index in [-0.39, 0.29) is 6.04 Å². The number of nitrogens with one attached hydrogen (secondary N) is 1. The van der Waals surface area contributed by atoms with Crippen LogP contribution in [0.3, 0.4) is 0 Å². The summed E-state index contributed by atoms with van der Waals surface area (Å²) in [5, 5.41) is 4.00. The summed E-state index contributed by atoms with van der Waals surface area (Å²) in [6, 6.07) is 27.9. The van der Waals surface area contributed by atoms with Crippen molar-refractivity contribution in [1.82, 2.24) is 5.43 Å². The molecule has 2 heteroatoms. The summed E-state index contributed by atoms with van der Waals surface area (Å²) < 4.78 is 0. The van der Waals surface area contributed by atoms with Crippen molar-refractivity contribution in [2.75, 3.05) is 0 Å². The lowest BCUT2D eigenvalue weighted by molar-refractivity contribution is 0.635. The molecular weight excluding hydrogens is 268 g/mol. The molecule has 0 saturated carbocycles. The molecule has 3 aromatic rings. The first-order valence-electron chi connectivity index (χ1n) is 7.45. The van der Waals surface area contributed by atoms with Crippen LogP contribution in [0, 0.1) is 0 Å². The van der Waals surface area contributed by atoms with Gasteiger partial charge in [0.05, 0.1) is 6.21 Å². The lowest BCUT2D eigenvalue weighted by Crippen LogP contribution is -2.26. The Morgan fingerprint density at radius 2 is 1.14 bits per heavy atom. The number of hydrogen-bond acceptors (Lipinski definition) is 2. The first-order chi connectivity index (χ1) is 10.9. The minimum atomic E-state index is 0.214. The van der Waals surface area contributed by atoms with Gasteiger partial charge in [-0.1, -0.05) is 60.7 Å². The van der Waals surface area contributed by atoms with Crippen LogP contribution < -0.4 is 5.43 Å². The van der Waals surface area contributed by atoms with Gasteiger partial charge < -0.3 is 0 Å². The van der Waals surface area contributed by atoms with E-state index in [0.717, 1.165) is 0 Å². The van der Waals surface area contributed by atoms with Crippen LogP contribution in [0.2, 0.25) is 0 Å². The molecule has 0 radical (unpaired) electrons. The molecule has 1 aliphatic heterocycles. The van der Waals surface area contributed by atoms with Crippen molar-refractivity contribution >= 4 is 6.21 Å². The highest BCUT2D eigenvalue weighted by Crippen LogP contribution is 2.31. The van der Waals surface area contributed by atoms with Crippen LogP contribution >= 0.6 is 0 Å². The summed E-state index contributed by atoms with van der Waals surface area (Å²) >= 11 is 0. The highest BCUT2D eigenvalue weighted by molar-refractivity contribution is 5.78. The summed E-state index contributed by atoms with van der Waals surface area (Å²) in [5.41, 5.74) is 9.27. The van der Waals surface area contributed by atoms with Gasteiger partial charge in [-0.25, -0.2) is 0 Å². The van der Waals surface area contributed by atoms with Gasteiger partial charge in [0.15, 0.2) is 0 Å². The number of hydrazone groups is 1. The van der Waals surface area contributed by atoms with Gasteiger partial charge in [0.2, 0.25) is 0 Å². The van der Waals surface area contributed by atoms with E-state index in [1.54, 1.807) is 0 Å². The Morgan fingerprint density at radius 1 is 0.636 bits per heavy atom. The SMILES string of the molecule is C1=NNC1c1cc(-c2ccccc2)cc(-c2ccccc2)c1. The van der Waals surface area contributed by atoms with Gasteiger partial charge >= 0.3 is 0 Å². The van der Waals surface area contributed by atoms with Gasteiger partial charge in [0.1, 0.15) is 6.04 Å². The van der Waals surface area contributed by atoms with Crippen LogP contribution in [0.4, 0.5) is 0 Å². The Kier molecular flexibility index (Phi) is 3.20. The topological polar surface area (TPSA) is 24.4 Å². The van der Waals surface area contributed by atoms with E-state index in [0.29, 0.717) is 0 Å². The quantitative estimate of drug-likeness (QED) is 0.743. The first-order valence-corrected chi connectivity index (χ1v) is 7.45. The summed E-state index contributed by atoms with van der Waals surface area (Å²) in [5.74, 6) is 0. The molecule has 0 aliphatic carbocycles. The summed E-state index contributed by atoms with van der Waals surface area (Å²) in [6.07, 6.45) is 1.94. The van der Waals surface area contributed by atoms with E-state index in [1.165, 1.54) is 27.8 Å². The molecule has 22 heavy (non-hydrogen) atoms. The van der Waals surface area contributed by atoms with Crippen LogP contribution in [-0.4, -0.2) is 6.21 Å². The second-order valence-corrected chi connectivity index (χ2v) is 5.46. The average molecular weight is 284 g/mol. The molecule has 0 spiro atoms. The molecule has 1 aliphatic rings. The molecule has 0 amide bonds. The summed E-state index contributed by atoms with van der Waals surface area (Å²) in [7, 11) is 0. The van der Waals surface area contributed by atoms with E-state index in [9.17, 15) is 0 Å².